The average molecular weight is 263 g/mol. The first-order valence-electron chi connectivity index (χ1n) is 6.60. The predicted octanol–water partition coefficient (Wildman–Crippen LogP) is 1.91. The van der Waals surface area contributed by atoms with E-state index in [0.29, 0.717) is 6.04 Å². The highest BCUT2D eigenvalue weighted by atomic mass is 16.5. The highest BCUT2D eigenvalue weighted by Gasteiger charge is 2.21. The second-order valence-electron chi connectivity index (χ2n) is 4.71. The quantitative estimate of drug-likeness (QED) is 0.876. The summed E-state index contributed by atoms with van der Waals surface area (Å²) < 4.78 is 5.14. The van der Waals surface area contributed by atoms with Crippen molar-refractivity contribution >= 4 is 11.7 Å². The zero-order chi connectivity index (χ0) is 13.7. The Labute approximate surface area is 113 Å². The van der Waals surface area contributed by atoms with Crippen molar-refractivity contribution in [3.8, 4) is 5.75 Å². The number of hydrogen-bond donors (Lipinski definition) is 2. The lowest BCUT2D eigenvalue weighted by Gasteiger charge is -2.31. The number of methoxy groups -OCH3 is 1. The Kier molecular flexibility index (Phi) is 4.63. The number of benzene rings is 1. The predicted molar refractivity (Wildman–Crippen MR) is 75.7 cm³/mol. The van der Waals surface area contributed by atoms with Crippen molar-refractivity contribution in [2.24, 2.45) is 0 Å². The van der Waals surface area contributed by atoms with Crippen LogP contribution in [0.3, 0.4) is 0 Å². The number of nitrogens with zero attached hydrogens (tertiary/aromatic N) is 1. The summed E-state index contributed by atoms with van der Waals surface area (Å²) in [5.74, 6) is 0.742. The molecule has 1 aliphatic heterocycles. The maximum Gasteiger partial charge on any atom is 0.321 e. The smallest absolute Gasteiger partial charge is 0.321 e. The van der Waals surface area contributed by atoms with Gasteiger partial charge in [0.05, 0.1) is 7.11 Å². The standard InChI is InChI=1S/C14H21N3O2/c1-15-11-6-8-17(9-7-11)14(18)16-12-4-3-5-13(10-12)19-2/h3-5,10-11,15H,6-9H2,1-2H3,(H,16,18). The van der Waals surface area contributed by atoms with Crippen LogP contribution in [0, 0.1) is 0 Å². The number of hydrogen-bond acceptors (Lipinski definition) is 3. The lowest BCUT2D eigenvalue weighted by atomic mass is 10.1. The summed E-state index contributed by atoms with van der Waals surface area (Å²) in [6.07, 6.45) is 2.00. The van der Waals surface area contributed by atoms with E-state index >= 15 is 0 Å². The van der Waals surface area contributed by atoms with Crippen LogP contribution in [0.1, 0.15) is 12.8 Å². The maximum atomic E-state index is 12.1. The van der Waals surface area contributed by atoms with Crippen LogP contribution in [0.15, 0.2) is 24.3 Å². The monoisotopic (exact) mass is 263 g/mol. The van der Waals surface area contributed by atoms with Crippen LogP contribution < -0.4 is 15.4 Å². The van der Waals surface area contributed by atoms with Crippen LogP contribution in [-0.4, -0.2) is 44.2 Å². The molecule has 0 spiro atoms. The van der Waals surface area contributed by atoms with Crippen molar-refractivity contribution in [2.45, 2.75) is 18.9 Å². The van der Waals surface area contributed by atoms with Crippen molar-refractivity contribution in [1.82, 2.24) is 10.2 Å². The minimum absolute atomic E-state index is 0.0391. The highest BCUT2D eigenvalue weighted by Crippen LogP contribution is 2.18. The number of likely N-dealkylation sites (tertiary alicyclic amines) is 1. The molecule has 5 nitrogen and oxygen atoms in total. The summed E-state index contributed by atoms with van der Waals surface area (Å²) in [5, 5.41) is 6.16. The number of carbonyl (C=O) groups excluding carboxylic acids is 1. The number of ether oxygens (including phenoxy) is 1. The average Bonchev–Trinajstić information content (AvgIpc) is 2.47. The molecule has 1 heterocycles. The van der Waals surface area contributed by atoms with E-state index in [1.807, 2.05) is 36.2 Å². The molecule has 2 amide bonds. The lowest BCUT2D eigenvalue weighted by Crippen LogP contribution is -2.45. The number of piperidine rings is 1. The summed E-state index contributed by atoms with van der Waals surface area (Å²) in [4.78, 5) is 14.0. The van der Waals surface area contributed by atoms with Gasteiger partial charge in [-0.05, 0) is 32.0 Å². The van der Waals surface area contributed by atoms with Crippen molar-refractivity contribution in [2.75, 3.05) is 32.6 Å². The van der Waals surface area contributed by atoms with Gasteiger partial charge in [-0.25, -0.2) is 4.79 Å². The van der Waals surface area contributed by atoms with Gasteiger partial charge in [0.15, 0.2) is 0 Å². The fourth-order valence-corrected chi connectivity index (χ4v) is 2.27. The number of carbonyl (C=O) groups is 1. The van der Waals surface area contributed by atoms with Crippen molar-refractivity contribution < 1.29 is 9.53 Å². The van der Waals surface area contributed by atoms with Gasteiger partial charge < -0.3 is 20.3 Å². The summed E-state index contributed by atoms with van der Waals surface area (Å²) in [6, 6.07) is 7.89. The third-order valence-electron chi connectivity index (χ3n) is 3.51. The Balaban J connectivity index is 1.90. The fraction of sp³-hybridized carbons (Fsp3) is 0.500. The summed E-state index contributed by atoms with van der Waals surface area (Å²) >= 11 is 0. The minimum atomic E-state index is -0.0391. The molecular formula is C14H21N3O2. The second-order valence-corrected chi connectivity index (χ2v) is 4.71. The molecule has 0 aliphatic carbocycles. The molecule has 19 heavy (non-hydrogen) atoms. The zero-order valence-electron chi connectivity index (χ0n) is 11.5. The van der Waals surface area contributed by atoms with Crippen LogP contribution in [0.25, 0.3) is 0 Å². The number of urea groups is 1. The highest BCUT2D eigenvalue weighted by molar-refractivity contribution is 5.89. The molecule has 1 aromatic carbocycles. The Morgan fingerprint density at radius 1 is 1.37 bits per heavy atom. The third-order valence-corrected chi connectivity index (χ3v) is 3.51. The van der Waals surface area contributed by atoms with Gasteiger partial charge in [-0.1, -0.05) is 6.07 Å². The molecule has 0 saturated carbocycles. The van der Waals surface area contributed by atoms with Gasteiger partial charge in [0.2, 0.25) is 0 Å². The number of amides is 2. The first-order chi connectivity index (χ1) is 9.22. The van der Waals surface area contributed by atoms with Crippen molar-refractivity contribution in [3.63, 3.8) is 0 Å². The zero-order valence-corrected chi connectivity index (χ0v) is 11.5. The van der Waals surface area contributed by atoms with E-state index in [2.05, 4.69) is 10.6 Å². The molecule has 0 radical (unpaired) electrons. The second kappa shape index (κ2) is 6.43. The van der Waals surface area contributed by atoms with E-state index in [-0.39, 0.29) is 6.03 Å². The molecule has 0 bridgehead atoms. The van der Waals surface area contributed by atoms with E-state index < -0.39 is 0 Å². The van der Waals surface area contributed by atoms with Gasteiger partial charge in [-0.3, -0.25) is 0 Å². The van der Waals surface area contributed by atoms with E-state index in [1.54, 1.807) is 7.11 Å². The van der Waals surface area contributed by atoms with Crippen LogP contribution in [0.4, 0.5) is 10.5 Å². The van der Waals surface area contributed by atoms with Crippen LogP contribution in [0.2, 0.25) is 0 Å². The van der Waals surface area contributed by atoms with Crippen molar-refractivity contribution in [3.05, 3.63) is 24.3 Å². The molecule has 1 aromatic rings. The van der Waals surface area contributed by atoms with Crippen LogP contribution >= 0.6 is 0 Å². The van der Waals surface area contributed by atoms with Gasteiger partial charge in [0, 0.05) is 30.9 Å². The van der Waals surface area contributed by atoms with E-state index in [4.69, 9.17) is 4.74 Å². The fourth-order valence-electron chi connectivity index (χ4n) is 2.27. The third kappa shape index (κ3) is 3.61. The Morgan fingerprint density at radius 2 is 2.11 bits per heavy atom. The van der Waals surface area contributed by atoms with Gasteiger partial charge in [0.1, 0.15) is 5.75 Å². The largest absolute Gasteiger partial charge is 0.497 e. The Hall–Kier alpha value is -1.75. The summed E-state index contributed by atoms with van der Waals surface area (Å²) in [5.41, 5.74) is 0.764. The number of anilines is 1. The van der Waals surface area contributed by atoms with Gasteiger partial charge in [0.25, 0.3) is 0 Å². The normalized spacial score (nSPS) is 16.2. The molecule has 0 aromatic heterocycles. The van der Waals surface area contributed by atoms with Crippen LogP contribution in [-0.2, 0) is 0 Å². The summed E-state index contributed by atoms with van der Waals surface area (Å²) in [7, 11) is 3.58. The molecule has 2 rings (SSSR count). The molecular weight excluding hydrogens is 242 g/mol. The van der Waals surface area contributed by atoms with E-state index in [1.165, 1.54) is 0 Å². The molecule has 2 N–H and O–H groups in total. The molecule has 1 aliphatic rings. The molecule has 104 valence electrons. The van der Waals surface area contributed by atoms with E-state index in [0.717, 1.165) is 37.4 Å². The number of rotatable bonds is 3. The van der Waals surface area contributed by atoms with Gasteiger partial charge in [-0.2, -0.15) is 0 Å². The Morgan fingerprint density at radius 3 is 2.74 bits per heavy atom. The van der Waals surface area contributed by atoms with Gasteiger partial charge >= 0.3 is 6.03 Å². The topological polar surface area (TPSA) is 53.6 Å². The lowest BCUT2D eigenvalue weighted by molar-refractivity contribution is 0.190. The summed E-state index contributed by atoms with van der Waals surface area (Å²) in [6.45, 7) is 1.59. The molecule has 1 saturated heterocycles. The Bertz CT molecular complexity index is 428. The first-order valence-corrected chi connectivity index (χ1v) is 6.60. The SMILES string of the molecule is CNC1CCN(C(=O)Nc2cccc(OC)c2)CC1. The van der Waals surface area contributed by atoms with Crippen molar-refractivity contribution in [1.29, 1.82) is 0 Å². The minimum Gasteiger partial charge on any atom is -0.497 e. The molecule has 1 fully saturated rings. The van der Waals surface area contributed by atoms with Gasteiger partial charge in [-0.15, -0.1) is 0 Å². The molecule has 5 heteroatoms. The van der Waals surface area contributed by atoms with Crippen LogP contribution in [0.5, 0.6) is 5.75 Å². The molecule has 0 unspecified atom stereocenters. The number of nitrogens with one attached hydrogen (secondary N) is 2. The maximum absolute atomic E-state index is 12.1. The van der Waals surface area contributed by atoms with E-state index in [9.17, 15) is 4.79 Å². The molecule has 0 atom stereocenters. The first kappa shape index (κ1) is 13.7.